The number of carbonyl (C=O) groups is 1. The Morgan fingerprint density at radius 3 is 2.71 bits per heavy atom. The van der Waals surface area contributed by atoms with E-state index in [2.05, 4.69) is 20.8 Å². The Labute approximate surface area is 103 Å². The molecule has 0 saturated carbocycles. The lowest BCUT2D eigenvalue weighted by molar-refractivity contribution is 0.0949. The number of nitrogens with one attached hydrogen (secondary N) is 1. The normalized spacial score (nSPS) is 10.2. The van der Waals surface area contributed by atoms with Crippen LogP contribution >= 0.6 is 11.6 Å². The lowest BCUT2D eigenvalue weighted by Crippen LogP contribution is -2.24. The van der Waals surface area contributed by atoms with Crippen LogP contribution in [0.5, 0.6) is 0 Å². The van der Waals surface area contributed by atoms with Gasteiger partial charge in [0.2, 0.25) is 0 Å². The van der Waals surface area contributed by atoms with Crippen molar-refractivity contribution < 1.29 is 4.79 Å². The van der Waals surface area contributed by atoms with Crippen LogP contribution in [0.3, 0.4) is 0 Å². The second-order valence-electron chi connectivity index (χ2n) is 3.41. The van der Waals surface area contributed by atoms with Crippen LogP contribution in [0.2, 0.25) is 5.02 Å². The summed E-state index contributed by atoms with van der Waals surface area (Å²) in [6, 6.07) is 6.65. The van der Waals surface area contributed by atoms with Gasteiger partial charge < -0.3 is 5.32 Å². The predicted molar refractivity (Wildman–Crippen MR) is 61.4 cm³/mol. The molecule has 2 rings (SSSR count). The molecule has 2 aromatic rings. The van der Waals surface area contributed by atoms with Gasteiger partial charge >= 0.3 is 0 Å². The first kappa shape index (κ1) is 11.5. The van der Waals surface area contributed by atoms with Gasteiger partial charge in [-0.3, -0.25) is 4.79 Å². The van der Waals surface area contributed by atoms with E-state index in [0.29, 0.717) is 16.4 Å². The number of aromatic nitrogens is 4. The van der Waals surface area contributed by atoms with Gasteiger partial charge in [-0.2, -0.15) is 0 Å². The molecule has 88 valence electrons. The van der Waals surface area contributed by atoms with E-state index in [1.807, 2.05) is 0 Å². The zero-order valence-corrected chi connectivity index (χ0v) is 9.85. The van der Waals surface area contributed by atoms with Gasteiger partial charge in [0.15, 0.2) is 5.82 Å². The summed E-state index contributed by atoms with van der Waals surface area (Å²) in [7, 11) is 1.71. The summed E-state index contributed by atoms with van der Waals surface area (Å²) in [6.45, 7) is 0.283. The molecular formula is C10H10ClN5O. The Morgan fingerprint density at radius 2 is 2.12 bits per heavy atom. The van der Waals surface area contributed by atoms with Crippen molar-refractivity contribution in [3.8, 4) is 0 Å². The molecule has 1 aromatic heterocycles. The summed E-state index contributed by atoms with van der Waals surface area (Å²) in [5, 5.41) is 14.2. The molecule has 1 heterocycles. The van der Waals surface area contributed by atoms with Crippen molar-refractivity contribution in [3.63, 3.8) is 0 Å². The number of hydrogen-bond acceptors (Lipinski definition) is 4. The second-order valence-corrected chi connectivity index (χ2v) is 3.84. The van der Waals surface area contributed by atoms with Gasteiger partial charge in [-0.05, 0) is 34.7 Å². The number of aryl methyl sites for hydroxylation is 1. The van der Waals surface area contributed by atoms with Crippen molar-refractivity contribution in [2.24, 2.45) is 7.05 Å². The Balaban J connectivity index is 1.98. The van der Waals surface area contributed by atoms with Crippen LogP contribution < -0.4 is 5.32 Å². The molecule has 1 N–H and O–H groups in total. The highest BCUT2D eigenvalue weighted by Gasteiger charge is 2.07. The maximum absolute atomic E-state index is 11.7. The molecule has 0 aliphatic heterocycles. The van der Waals surface area contributed by atoms with Crippen molar-refractivity contribution in [3.05, 3.63) is 40.7 Å². The lowest BCUT2D eigenvalue weighted by atomic mass is 10.2. The first-order chi connectivity index (χ1) is 8.16. The van der Waals surface area contributed by atoms with Gasteiger partial charge in [0, 0.05) is 17.6 Å². The molecule has 0 bridgehead atoms. The molecule has 0 saturated heterocycles. The minimum Gasteiger partial charge on any atom is -0.345 e. The summed E-state index contributed by atoms with van der Waals surface area (Å²) < 4.78 is 1.50. The molecule has 1 amide bonds. The fourth-order valence-corrected chi connectivity index (χ4v) is 1.39. The summed E-state index contributed by atoms with van der Waals surface area (Å²) in [4.78, 5) is 11.7. The molecule has 0 fully saturated rings. The van der Waals surface area contributed by atoms with E-state index < -0.39 is 0 Å². The van der Waals surface area contributed by atoms with Crippen molar-refractivity contribution >= 4 is 17.5 Å². The van der Waals surface area contributed by atoms with E-state index >= 15 is 0 Å². The van der Waals surface area contributed by atoms with Gasteiger partial charge in [-0.1, -0.05) is 11.6 Å². The minimum atomic E-state index is -0.190. The third-order valence-corrected chi connectivity index (χ3v) is 2.47. The Morgan fingerprint density at radius 1 is 1.41 bits per heavy atom. The van der Waals surface area contributed by atoms with E-state index in [4.69, 9.17) is 11.6 Å². The molecule has 7 heteroatoms. The molecule has 0 aliphatic carbocycles. The smallest absolute Gasteiger partial charge is 0.251 e. The van der Waals surface area contributed by atoms with Crippen LogP contribution in [0.15, 0.2) is 24.3 Å². The quantitative estimate of drug-likeness (QED) is 0.876. The Bertz CT molecular complexity index is 522. The highest BCUT2D eigenvalue weighted by Crippen LogP contribution is 2.09. The average Bonchev–Trinajstić information content (AvgIpc) is 2.73. The van der Waals surface area contributed by atoms with Crippen LogP contribution in [-0.2, 0) is 13.6 Å². The van der Waals surface area contributed by atoms with Crippen molar-refractivity contribution in [1.29, 1.82) is 0 Å². The third kappa shape index (κ3) is 2.79. The number of tetrazole rings is 1. The van der Waals surface area contributed by atoms with Crippen molar-refractivity contribution in [2.75, 3.05) is 0 Å². The van der Waals surface area contributed by atoms with Gasteiger partial charge in [-0.25, -0.2) is 4.68 Å². The average molecular weight is 252 g/mol. The first-order valence-electron chi connectivity index (χ1n) is 4.92. The number of hydrogen-bond donors (Lipinski definition) is 1. The van der Waals surface area contributed by atoms with Crippen LogP contribution in [0, 0.1) is 0 Å². The topological polar surface area (TPSA) is 72.7 Å². The van der Waals surface area contributed by atoms with Gasteiger partial charge in [0.05, 0.1) is 6.54 Å². The predicted octanol–water partition coefficient (Wildman–Crippen LogP) is 0.793. The highest BCUT2D eigenvalue weighted by atomic mass is 35.5. The van der Waals surface area contributed by atoms with Crippen LogP contribution in [-0.4, -0.2) is 26.1 Å². The van der Waals surface area contributed by atoms with Crippen LogP contribution in [0.4, 0.5) is 0 Å². The standard InChI is InChI=1S/C10H10ClN5O/c1-16-9(13-14-15-16)6-12-10(17)7-2-4-8(11)5-3-7/h2-5H,6H2,1H3,(H,12,17). The molecule has 0 spiro atoms. The highest BCUT2D eigenvalue weighted by molar-refractivity contribution is 6.30. The van der Waals surface area contributed by atoms with E-state index in [1.54, 1.807) is 31.3 Å². The van der Waals surface area contributed by atoms with Crippen molar-refractivity contribution in [2.45, 2.75) is 6.54 Å². The molecular weight excluding hydrogens is 242 g/mol. The number of halogens is 1. The zero-order valence-electron chi connectivity index (χ0n) is 9.09. The molecule has 0 aliphatic rings. The number of rotatable bonds is 3. The maximum Gasteiger partial charge on any atom is 0.251 e. The molecule has 1 aromatic carbocycles. The summed E-state index contributed by atoms with van der Waals surface area (Å²) >= 11 is 5.73. The number of nitrogens with zero attached hydrogens (tertiary/aromatic N) is 4. The SMILES string of the molecule is Cn1nnnc1CNC(=O)c1ccc(Cl)cc1. The van der Waals surface area contributed by atoms with E-state index in [0.717, 1.165) is 0 Å². The Kier molecular flexibility index (Phi) is 3.34. The van der Waals surface area contributed by atoms with Gasteiger partial charge in [0.1, 0.15) is 0 Å². The first-order valence-corrected chi connectivity index (χ1v) is 5.29. The van der Waals surface area contributed by atoms with Crippen LogP contribution in [0.1, 0.15) is 16.2 Å². The molecule has 0 radical (unpaired) electrons. The van der Waals surface area contributed by atoms with Crippen molar-refractivity contribution in [1.82, 2.24) is 25.5 Å². The molecule has 17 heavy (non-hydrogen) atoms. The monoisotopic (exact) mass is 251 g/mol. The van der Waals surface area contributed by atoms with Gasteiger partial charge in [-0.15, -0.1) is 5.10 Å². The minimum absolute atomic E-state index is 0.190. The summed E-state index contributed by atoms with van der Waals surface area (Å²) in [5.74, 6) is 0.400. The van der Waals surface area contributed by atoms with Gasteiger partial charge in [0.25, 0.3) is 5.91 Å². The van der Waals surface area contributed by atoms with Crippen LogP contribution in [0.25, 0.3) is 0 Å². The molecule has 6 nitrogen and oxygen atoms in total. The third-order valence-electron chi connectivity index (χ3n) is 2.22. The number of benzene rings is 1. The van der Waals surface area contributed by atoms with E-state index in [-0.39, 0.29) is 12.5 Å². The number of amides is 1. The van der Waals surface area contributed by atoms with E-state index in [1.165, 1.54) is 4.68 Å². The molecule has 0 atom stereocenters. The Hall–Kier alpha value is -1.95. The fourth-order valence-electron chi connectivity index (χ4n) is 1.26. The second kappa shape index (κ2) is 4.92. The largest absolute Gasteiger partial charge is 0.345 e. The summed E-state index contributed by atoms with van der Waals surface area (Å²) in [6.07, 6.45) is 0. The fraction of sp³-hybridized carbons (Fsp3) is 0.200. The maximum atomic E-state index is 11.7. The summed E-state index contributed by atoms with van der Waals surface area (Å²) in [5.41, 5.74) is 0.546. The number of carbonyl (C=O) groups excluding carboxylic acids is 1. The van der Waals surface area contributed by atoms with E-state index in [9.17, 15) is 4.79 Å². The zero-order chi connectivity index (χ0) is 12.3. The molecule has 0 unspecified atom stereocenters. The lowest BCUT2D eigenvalue weighted by Gasteiger charge is -2.03.